The van der Waals surface area contributed by atoms with Crippen LogP contribution in [0.25, 0.3) is 5.69 Å². The van der Waals surface area contributed by atoms with Gasteiger partial charge in [-0.15, -0.1) is 5.10 Å². The number of aliphatic hydroxyl groups excluding tert-OH is 1. The third kappa shape index (κ3) is 4.07. The fourth-order valence-corrected chi connectivity index (χ4v) is 4.69. The molecule has 11 heteroatoms. The van der Waals surface area contributed by atoms with Crippen LogP contribution in [0.5, 0.6) is 0 Å². The highest BCUT2D eigenvalue weighted by Crippen LogP contribution is 2.50. The molecule has 2 aliphatic rings. The Kier molecular flexibility index (Phi) is 5.55. The van der Waals surface area contributed by atoms with E-state index in [1.165, 1.54) is 34.1 Å². The number of hydrogen-bond donors (Lipinski definition) is 2. The first-order chi connectivity index (χ1) is 15.9. The van der Waals surface area contributed by atoms with Crippen LogP contribution in [0, 0.1) is 17.7 Å². The molecule has 4 atom stereocenters. The number of rotatable bonds is 6. The number of likely N-dealkylation sites (tertiary alicyclic amines) is 1. The van der Waals surface area contributed by atoms with Gasteiger partial charge >= 0.3 is 0 Å². The van der Waals surface area contributed by atoms with Crippen molar-refractivity contribution in [3.05, 3.63) is 70.8 Å². The third-order valence-corrected chi connectivity index (χ3v) is 6.46. The van der Waals surface area contributed by atoms with Crippen LogP contribution < -0.4 is 5.32 Å². The van der Waals surface area contributed by atoms with Gasteiger partial charge in [-0.2, -0.15) is 0 Å². The summed E-state index contributed by atoms with van der Waals surface area (Å²) in [5.41, 5.74) is 1.24. The molecule has 9 nitrogen and oxygen atoms in total. The first-order valence-electron chi connectivity index (χ1n) is 10.5. The number of carbonyl (C=O) groups is 2. The number of tetrazole rings is 1. The lowest BCUT2D eigenvalue weighted by Crippen LogP contribution is -2.49. The van der Waals surface area contributed by atoms with Crippen molar-refractivity contribution in [3.8, 4) is 5.69 Å². The average molecular weight is 471 g/mol. The Balaban J connectivity index is 1.32. The van der Waals surface area contributed by atoms with Gasteiger partial charge in [-0.25, -0.2) is 9.07 Å². The third-order valence-electron chi connectivity index (χ3n) is 6.23. The van der Waals surface area contributed by atoms with E-state index < -0.39 is 23.9 Å². The number of amides is 2. The zero-order valence-electron chi connectivity index (χ0n) is 17.3. The minimum absolute atomic E-state index is 0.0279. The lowest BCUT2D eigenvalue weighted by Gasteiger charge is -2.29. The van der Waals surface area contributed by atoms with Gasteiger partial charge in [-0.1, -0.05) is 29.8 Å². The quantitative estimate of drug-likeness (QED) is 0.566. The topological polar surface area (TPSA) is 113 Å². The predicted octanol–water partition coefficient (Wildman–Crippen LogP) is 1.65. The Hall–Kier alpha value is -3.37. The molecule has 3 aromatic rings. The van der Waals surface area contributed by atoms with Gasteiger partial charge in [0.1, 0.15) is 18.2 Å². The molecule has 1 saturated heterocycles. The molecule has 1 aromatic heterocycles. The maximum absolute atomic E-state index is 14.1. The molecular weight excluding hydrogens is 451 g/mol. The predicted molar refractivity (Wildman–Crippen MR) is 114 cm³/mol. The molecule has 2 aromatic carbocycles. The van der Waals surface area contributed by atoms with Crippen molar-refractivity contribution in [3.63, 3.8) is 0 Å². The van der Waals surface area contributed by atoms with Gasteiger partial charge in [-0.05, 0) is 58.5 Å². The Morgan fingerprint density at radius 2 is 2.09 bits per heavy atom. The Labute approximate surface area is 193 Å². The van der Waals surface area contributed by atoms with E-state index in [0.717, 1.165) is 6.42 Å². The van der Waals surface area contributed by atoms with Crippen molar-refractivity contribution in [2.24, 2.45) is 11.8 Å². The van der Waals surface area contributed by atoms with Crippen molar-refractivity contribution in [2.45, 2.75) is 25.1 Å². The fourth-order valence-electron chi connectivity index (χ4n) is 4.49. The summed E-state index contributed by atoms with van der Waals surface area (Å²) >= 11 is 6.14. The van der Waals surface area contributed by atoms with Crippen LogP contribution in [0.2, 0.25) is 5.02 Å². The number of aliphatic hydroxyl groups is 1. The second kappa shape index (κ2) is 8.53. The second-order valence-electron chi connectivity index (χ2n) is 8.26. The van der Waals surface area contributed by atoms with Crippen LogP contribution in [-0.2, 0) is 16.1 Å². The fraction of sp³-hybridized carbons (Fsp3) is 0.318. The van der Waals surface area contributed by atoms with E-state index in [9.17, 15) is 19.1 Å². The van der Waals surface area contributed by atoms with Crippen LogP contribution in [0.15, 0.2) is 48.8 Å². The van der Waals surface area contributed by atoms with E-state index in [0.29, 0.717) is 22.8 Å². The van der Waals surface area contributed by atoms with Gasteiger partial charge in [-0.3, -0.25) is 9.59 Å². The molecule has 1 saturated carbocycles. The van der Waals surface area contributed by atoms with E-state index in [1.807, 2.05) is 0 Å². The molecule has 2 heterocycles. The van der Waals surface area contributed by atoms with Gasteiger partial charge in [0.2, 0.25) is 5.91 Å². The Bertz CT molecular complexity index is 1210. The van der Waals surface area contributed by atoms with Gasteiger partial charge in [0, 0.05) is 23.7 Å². The minimum Gasteiger partial charge on any atom is -0.378 e. The van der Waals surface area contributed by atoms with Crippen LogP contribution in [-0.4, -0.2) is 54.6 Å². The highest BCUT2D eigenvalue weighted by atomic mass is 35.5. The number of piperidine rings is 1. The first-order valence-corrected chi connectivity index (χ1v) is 10.8. The lowest BCUT2D eigenvalue weighted by molar-refractivity contribution is -0.146. The monoisotopic (exact) mass is 470 g/mol. The number of carbonyl (C=O) groups excluding carboxylic acids is 2. The van der Waals surface area contributed by atoms with E-state index in [1.54, 1.807) is 24.3 Å². The van der Waals surface area contributed by atoms with E-state index >= 15 is 0 Å². The maximum Gasteiger partial charge on any atom is 0.256 e. The van der Waals surface area contributed by atoms with Crippen molar-refractivity contribution in [2.75, 3.05) is 6.54 Å². The summed E-state index contributed by atoms with van der Waals surface area (Å²) in [4.78, 5) is 27.5. The first kappa shape index (κ1) is 21.5. The smallest absolute Gasteiger partial charge is 0.256 e. The largest absolute Gasteiger partial charge is 0.378 e. The molecule has 2 N–H and O–H groups in total. The molecule has 0 bridgehead atoms. The second-order valence-corrected chi connectivity index (χ2v) is 8.70. The van der Waals surface area contributed by atoms with Gasteiger partial charge < -0.3 is 15.3 Å². The summed E-state index contributed by atoms with van der Waals surface area (Å²) < 4.78 is 15.6. The van der Waals surface area contributed by atoms with E-state index in [4.69, 9.17) is 11.6 Å². The van der Waals surface area contributed by atoms with Crippen LogP contribution in [0.3, 0.4) is 0 Å². The molecule has 170 valence electrons. The number of nitrogens with zero attached hydrogens (tertiary/aromatic N) is 5. The molecule has 1 aliphatic heterocycles. The lowest BCUT2D eigenvalue weighted by atomic mass is 10.1. The number of nitrogens with one attached hydrogen (secondary N) is 1. The summed E-state index contributed by atoms with van der Waals surface area (Å²) in [7, 11) is 0. The highest BCUT2D eigenvalue weighted by Gasteiger charge is 2.57. The molecule has 0 spiro atoms. The molecule has 0 radical (unpaired) electrons. The summed E-state index contributed by atoms with van der Waals surface area (Å²) in [6.45, 7) is 0.501. The number of halogens is 2. The van der Waals surface area contributed by atoms with Gasteiger partial charge in [0.15, 0.2) is 6.10 Å². The van der Waals surface area contributed by atoms with E-state index in [2.05, 4.69) is 20.8 Å². The Morgan fingerprint density at radius 1 is 1.27 bits per heavy atom. The van der Waals surface area contributed by atoms with E-state index in [-0.39, 0.29) is 29.9 Å². The molecule has 0 unspecified atom stereocenters. The van der Waals surface area contributed by atoms with Crippen LogP contribution in [0.1, 0.15) is 23.7 Å². The Morgan fingerprint density at radius 3 is 2.85 bits per heavy atom. The van der Waals surface area contributed by atoms with Crippen LogP contribution >= 0.6 is 11.6 Å². The number of aromatic nitrogens is 4. The minimum atomic E-state index is -1.67. The van der Waals surface area contributed by atoms with Crippen LogP contribution in [0.4, 0.5) is 4.39 Å². The SMILES string of the molecule is O=C(NCc1cc(Cl)ccc1-n1cnnn1)[C@@H]1[C@@H]2C[C@@H]2CN1C(=O)[C@H](O)c1ccccc1F. The average Bonchev–Trinajstić information content (AvgIpc) is 3.21. The normalized spacial score (nSPS) is 22.0. The molecule has 2 amide bonds. The summed E-state index contributed by atoms with van der Waals surface area (Å²) in [5.74, 6) is -1.44. The van der Waals surface area contributed by atoms with Crippen molar-refractivity contribution < 1.29 is 19.1 Å². The summed E-state index contributed by atoms with van der Waals surface area (Å²) in [6.07, 6.45) is 0.605. The zero-order chi connectivity index (χ0) is 23.1. The zero-order valence-corrected chi connectivity index (χ0v) is 18.1. The number of benzene rings is 2. The van der Waals surface area contributed by atoms with Gasteiger partial charge in [0.05, 0.1) is 5.69 Å². The molecule has 33 heavy (non-hydrogen) atoms. The van der Waals surface area contributed by atoms with Crippen molar-refractivity contribution in [1.29, 1.82) is 0 Å². The molecule has 5 rings (SSSR count). The van der Waals surface area contributed by atoms with Crippen molar-refractivity contribution in [1.82, 2.24) is 30.4 Å². The number of fused-ring (bicyclic) bond motifs is 1. The summed E-state index contributed by atoms with van der Waals surface area (Å²) in [6, 6.07) is 10.0. The maximum atomic E-state index is 14.1. The number of hydrogen-bond acceptors (Lipinski definition) is 6. The molecular formula is C22H20ClFN6O3. The highest BCUT2D eigenvalue weighted by molar-refractivity contribution is 6.30. The summed E-state index contributed by atoms with van der Waals surface area (Å²) in [5, 5.41) is 25.0. The standard InChI is InChI=1S/C22H20ClFN6O3/c23-14-5-6-18(30-11-26-27-28-30)12(7-14)9-25-21(32)19-16-8-13(16)10-29(19)22(33)20(31)15-3-1-2-4-17(15)24/h1-7,11,13,16,19-20,31H,8-10H2,(H,25,32)/t13-,16-,19+,20-/m1/s1. The van der Waals surface area contributed by atoms with Crippen molar-refractivity contribution >= 4 is 23.4 Å². The molecule has 1 aliphatic carbocycles. The van der Waals surface area contributed by atoms with Gasteiger partial charge in [0.25, 0.3) is 5.91 Å². The molecule has 2 fully saturated rings.